The van der Waals surface area contributed by atoms with Gasteiger partial charge in [0.15, 0.2) is 0 Å². The number of benzene rings is 2. The minimum absolute atomic E-state index is 0.0577. The number of hydrogen-bond acceptors (Lipinski definition) is 5. The third-order valence-corrected chi connectivity index (χ3v) is 6.76. The van der Waals surface area contributed by atoms with Gasteiger partial charge in [0.25, 0.3) is 0 Å². The van der Waals surface area contributed by atoms with Crippen LogP contribution in [0.5, 0.6) is 5.75 Å². The first-order chi connectivity index (χ1) is 16.0. The number of fused-ring (bicyclic) bond motifs is 1. The van der Waals surface area contributed by atoms with Crippen molar-refractivity contribution in [2.75, 3.05) is 12.3 Å². The van der Waals surface area contributed by atoms with E-state index in [4.69, 9.17) is 15.5 Å². The van der Waals surface area contributed by atoms with E-state index in [0.29, 0.717) is 25.4 Å². The monoisotopic (exact) mass is 464 g/mol. The van der Waals surface area contributed by atoms with Crippen LogP contribution in [-0.2, 0) is 17.9 Å². The zero-order chi connectivity index (χ0) is 23.4. The Morgan fingerprint density at radius 3 is 2.64 bits per heavy atom. The van der Waals surface area contributed by atoms with Crippen molar-refractivity contribution in [2.45, 2.75) is 45.5 Å². The Bertz CT molecular complexity index is 1080. The number of aromatic nitrogens is 2. The predicted octanol–water partition coefficient (Wildman–Crippen LogP) is 4.32. The molecule has 0 radical (unpaired) electrons. The molecule has 2 aromatic carbocycles. The van der Waals surface area contributed by atoms with Crippen LogP contribution in [0.3, 0.4) is 0 Å². The van der Waals surface area contributed by atoms with Crippen LogP contribution in [0, 0.1) is 5.92 Å². The zero-order valence-electron chi connectivity index (χ0n) is 19.2. The Morgan fingerprint density at radius 1 is 1.18 bits per heavy atom. The number of rotatable bonds is 8. The lowest BCUT2D eigenvalue weighted by Gasteiger charge is -2.40. The van der Waals surface area contributed by atoms with Crippen LogP contribution in [0.25, 0.3) is 11.3 Å². The van der Waals surface area contributed by atoms with Crippen LogP contribution >= 0.6 is 12.6 Å². The van der Waals surface area contributed by atoms with Crippen LogP contribution < -0.4 is 10.5 Å². The first kappa shape index (κ1) is 23.4. The molecule has 174 valence electrons. The fourth-order valence-corrected chi connectivity index (χ4v) is 4.49. The summed E-state index contributed by atoms with van der Waals surface area (Å²) in [6, 6.07) is 17.4. The molecule has 1 aromatic heterocycles. The largest absolute Gasteiger partial charge is 0.488 e. The van der Waals surface area contributed by atoms with Gasteiger partial charge >= 0.3 is 0 Å². The van der Waals surface area contributed by atoms with Gasteiger partial charge in [-0.05, 0) is 23.6 Å². The van der Waals surface area contributed by atoms with E-state index < -0.39 is 6.04 Å². The summed E-state index contributed by atoms with van der Waals surface area (Å²) in [6.07, 6.45) is 3.01. The van der Waals surface area contributed by atoms with Crippen molar-refractivity contribution in [1.29, 1.82) is 0 Å². The molecule has 2 N–H and O–H groups in total. The molecule has 7 heteroatoms. The average Bonchev–Trinajstić information content (AvgIpc) is 3.30. The maximum atomic E-state index is 13.0. The summed E-state index contributed by atoms with van der Waals surface area (Å²) in [5.74, 6) is 2.22. The van der Waals surface area contributed by atoms with Gasteiger partial charge in [-0.25, -0.2) is 4.98 Å². The number of imidazole rings is 1. The van der Waals surface area contributed by atoms with Crippen LogP contribution in [0.1, 0.15) is 37.7 Å². The first-order valence-corrected chi connectivity index (χ1v) is 12.2. The predicted molar refractivity (Wildman–Crippen MR) is 134 cm³/mol. The maximum absolute atomic E-state index is 13.0. The topological polar surface area (TPSA) is 73.4 Å². The molecule has 33 heavy (non-hydrogen) atoms. The van der Waals surface area contributed by atoms with Crippen LogP contribution in [0.15, 0.2) is 60.8 Å². The summed E-state index contributed by atoms with van der Waals surface area (Å²) >= 11 is 4.24. The van der Waals surface area contributed by atoms with E-state index in [0.717, 1.165) is 34.8 Å². The second kappa shape index (κ2) is 10.4. The fourth-order valence-electron chi connectivity index (χ4n) is 4.33. The van der Waals surface area contributed by atoms with Gasteiger partial charge in [-0.15, -0.1) is 0 Å². The molecular weight excluding hydrogens is 432 g/mol. The van der Waals surface area contributed by atoms with E-state index in [1.807, 2.05) is 47.4 Å². The van der Waals surface area contributed by atoms with Gasteiger partial charge in [0.1, 0.15) is 18.2 Å². The third-order valence-electron chi connectivity index (χ3n) is 6.37. The van der Waals surface area contributed by atoms with E-state index >= 15 is 0 Å². The lowest BCUT2D eigenvalue weighted by atomic mass is 9.94. The van der Waals surface area contributed by atoms with Crippen molar-refractivity contribution in [3.63, 3.8) is 0 Å². The second-order valence-electron chi connectivity index (χ2n) is 8.60. The second-order valence-corrected chi connectivity index (χ2v) is 8.96. The van der Waals surface area contributed by atoms with E-state index in [9.17, 15) is 4.79 Å². The number of ether oxygens (including phenoxy) is 1. The molecule has 1 aliphatic rings. The van der Waals surface area contributed by atoms with Gasteiger partial charge in [0.2, 0.25) is 5.91 Å². The molecule has 0 bridgehead atoms. The van der Waals surface area contributed by atoms with Gasteiger partial charge in [-0.3, -0.25) is 4.79 Å². The number of amides is 1. The molecule has 6 nitrogen and oxygen atoms in total. The smallest absolute Gasteiger partial charge is 0.241 e. The molecule has 2 heterocycles. The highest BCUT2D eigenvalue weighted by molar-refractivity contribution is 7.80. The molecule has 0 fully saturated rings. The summed E-state index contributed by atoms with van der Waals surface area (Å²) in [5.41, 5.74) is 8.97. The molecule has 0 saturated carbocycles. The quantitative estimate of drug-likeness (QED) is 0.487. The highest BCUT2D eigenvalue weighted by atomic mass is 32.1. The molecule has 0 aliphatic carbocycles. The van der Waals surface area contributed by atoms with Gasteiger partial charge < -0.3 is 19.9 Å². The summed E-state index contributed by atoms with van der Waals surface area (Å²) in [6.45, 7) is 6.10. The van der Waals surface area contributed by atoms with Gasteiger partial charge in [0.05, 0.1) is 17.8 Å². The number of carbonyl (C=O) groups is 1. The van der Waals surface area contributed by atoms with Gasteiger partial charge in [-0.1, -0.05) is 62.7 Å². The number of nitrogens with two attached hydrogens (primary N) is 1. The Labute approximate surface area is 201 Å². The minimum atomic E-state index is -0.604. The van der Waals surface area contributed by atoms with Crippen molar-refractivity contribution in [3.05, 3.63) is 72.2 Å². The molecule has 0 spiro atoms. The van der Waals surface area contributed by atoms with E-state index in [1.165, 1.54) is 0 Å². The Balaban J connectivity index is 1.65. The normalized spacial score (nSPS) is 17.3. The number of para-hydroxylation sites is 1. The summed E-state index contributed by atoms with van der Waals surface area (Å²) < 4.78 is 8.35. The highest BCUT2D eigenvalue weighted by Crippen LogP contribution is 2.37. The van der Waals surface area contributed by atoms with Crippen LogP contribution in [-0.4, -0.2) is 38.7 Å². The number of nitrogens with zero attached hydrogens (tertiary/aromatic N) is 3. The maximum Gasteiger partial charge on any atom is 0.241 e. The fraction of sp³-hybridized carbons (Fsp3) is 0.385. The van der Waals surface area contributed by atoms with E-state index in [2.05, 4.69) is 49.4 Å². The van der Waals surface area contributed by atoms with Crippen molar-refractivity contribution in [3.8, 4) is 17.0 Å². The van der Waals surface area contributed by atoms with Crippen molar-refractivity contribution < 1.29 is 9.53 Å². The third kappa shape index (κ3) is 4.94. The first-order valence-electron chi connectivity index (χ1n) is 11.5. The van der Waals surface area contributed by atoms with Crippen molar-refractivity contribution in [1.82, 2.24) is 14.5 Å². The Morgan fingerprint density at radius 2 is 1.91 bits per heavy atom. The summed E-state index contributed by atoms with van der Waals surface area (Å²) in [5, 5.41) is 0. The molecule has 3 aromatic rings. The van der Waals surface area contributed by atoms with Crippen LogP contribution in [0.4, 0.5) is 0 Å². The highest BCUT2D eigenvalue weighted by Gasteiger charge is 2.37. The summed E-state index contributed by atoms with van der Waals surface area (Å²) in [4.78, 5) is 20.0. The minimum Gasteiger partial charge on any atom is -0.488 e. The zero-order valence-corrected chi connectivity index (χ0v) is 20.1. The molecule has 3 unspecified atom stereocenters. The number of carbonyl (C=O) groups excluding carboxylic acids is 1. The standard InChI is InChI=1S/C26H32N4O2S/c1-3-18(2)24-25-28-22(15-29(25)13-14-30(24)26(31)21(27)17-33)20-11-7-8-12-23(20)32-16-19-9-5-4-6-10-19/h4-12,15,18,21,24,33H,3,13-14,16-17,27H2,1-2H3. The summed E-state index contributed by atoms with van der Waals surface area (Å²) in [7, 11) is 0. The van der Waals surface area contributed by atoms with E-state index in [-0.39, 0.29) is 17.9 Å². The molecular formula is C26H32N4O2S. The number of hydrogen-bond donors (Lipinski definition) is 2. The molecule has 1 aliphatic heterocycles. The lowest BCUT2D eigenvalue weighted by molar-refractivity contribution is -0.137. The molecule has 3 atom stereocenters. The Hall–Kier alpha value is -2.77. The molecule has 0 saturated heterocycles. The molecule has 4 rings (SSSR count). The van der Waals surface area contributed by atoms with Crippen LogP contribution in [0.2, 0.25) is 0 Å². The van der Waals surface area contributed by atoms with Crippen molar-refractivity contribution >= 4 is 18.5 Å². The van der Waals surface area contributed by atoms with E-state index in [1.54, 1.807) is 0 Å². The van der Waals surface area contributed by atoms with Gasteiger partial charge in [0, 0.05) is 30.6 Å². The van der Waals surface area contributed by atoms with Crippen molar-refractivity contribution in [2.24, 2.45) is 11.7 Å². The lowest BCUT2D eigenvalue weighted by Crippen LogP contribution is -2.51. The Kier molecular flexibility index (Phi) is 7.40. The van der Waals surface area contributed by atoms with Gasteiger partial charge in [-0.2, -0.15) is 12.6 Å². The SMILES string of the molecule is CCC(C)C1c2nc(-c3ccccc3OCc3ccccc3)cn2CCN1C(=O)C(N)CS. The molecule has 1 amide bonds. The average molecular weight is 465 g/mol. The number of thiol groups is 1.